The number of carboxylic acids is 1. The van der Waals surface area contributed by atoms with Crippen LogP contribution in [0.1, 0.15) is 58.3 Å². The first-order valence-corrected chi connectivity index (χ1v) is 15.1. The first-order valence-electron chi connectivity index (χ1n) is 15.1. The number of nitriles is 1. The third-order valence-electron chi connectivity index (χ3n) is 9.34. The molecule has 2 aromatic carbocycles. The summed E-state index contributed by atoms with van der Waals surface area (Å²) in [7, 11) is 0. The highest BCUT2D eigenvalue weighted by atomic mass is 19.1. The Bertz CT molecular complexity index is 1960. The summed E-state index contributed by atoms with van der Waals surface area (Å²) in [5.41, 5.74) is 4.51. The molecule has 1 aliphatic carbocycles. The monoisotopic (exact) mass is 605 g/mol. The van der Waals surface area contributed by atoms with Gasteiger partial charge in [-0.15, -0.1) is 0 Å². The fraction of sp³-hybridized carbons (Fsp3) is 0.324. The number of benzene rings is 2. The molecule has 0 amide bonds. The van der Waals surface area contributed by atoms with Gasteiger partial charge in [-0.05, 0) is 68.6 Å². The fourth-order valence-corrected chi connectivity index (χ4v) is 6.79. The summed E-state index contributed by atoms with van der Waals surface area (Å²) in [6.45, 7) is 5.81. The van der Waals surface area contributed by atoms with Crippen LogP contribution >= 0.6 is 0 Å². The molecule has 11 heteroatoms. The quantitative estimate of drug-likeness (QED) is 0.232. The number of aromatic nitrogens is 5. The van der Waals surface area contributed by atoms with Crippen molar-refractivity contribution in [3.05, 3.63) is 107 Å². The maximum absolute atomic E-state index is 14.5. The van der Waals surface area contributed by atoms with E-state index in [-0.39, 0.29) is 23.1 Å². The summed E-state index contributed by atoms with van der Waals surface area (Å²) in [5.74, 6) is 0.404. The molecule has 2 fully saturated rings. The molecule has 2 aliphatic rings. The highest BCUT2D eigenvalue weighted by Crippen LogP contribution is 2.61. The molecule has 0 bridgehead atoms. The molecule has 10 nitrogen and oxygen atoms in total. The van der Waals surface area contributed by atoms with E-state index in [1.54, 1.807) is 36.5 Å². The number of nitrogens with zero attached hydrogens (tertiary/aromatic N) is 7. The van der Waals surface area contributed by atoms with E-state index in [1.165, 1.54) is 6.07 Å². The minimum absolute atomic E-state index is 0.0329. The molecule has 5 aromatic rings. The summed E-state index contributed by atoms with van der Waals surface area (Å²) in [6.07, 6.45) is 7.30. The van der Waals surface area contributed by atoms with E-state index in [9.17, 15) is 14.3 Å². The molecule has 2 unspecified atom stereocenters. The van der Waals surface area contributed by atoms with Crippen LogP contribution in [0, 0.1) is 23.1 Å². The predicted molar refractivity (Wildman–Crippen MR) is 163 cm³/mol. The lowest BCUT2D eigenvalue weighted by Gasteiger charge is -2.32. The van der Waals surface area contributed by atoms with E-state index in [0.717, 1.165) is 60.6 Å². The van der Waals surface area contributed by atoms with Crippen molar-refractivity contribution in [2.75, 3.05) is 13.1 Å². The van der Waals surface area contributed by atoms with Crippen LogP contribution in [0.4, 0.5) is 4.39 Å². The van der Waals surface area contributed by atoms with Crippen molar-refractivity contribution in [3.8, 4) is 11.9 Å². The number of aromatic carboxylic acids is 1. The third-order valence-corrected chi connectivity index (χ3v) is 9.34. The van der Waals surface area contributed by atoms with Gasteiger partial charge < -0.3 is 19.0 Å². The Hall–Kier alpha value is -5.08. The van der Waals surface area contributed by atoms with Crippen LogP contribution in [-0.2, 0) is 31.7 Å². The van der Waals surface area contributed by atoms with Crippen molar-refractivity contribution in [2.45, 2.75) is 51.4 Å². The second-order valence-electron chi connectivity index (χ2n) is 11.9. The molecule has 0 spiro atoms. The number of imidazole rings is 2. The summed E-state index contributed by atoms with van der Waals surface area (Å²) < 4.78 is 24.8. The average Bonchev–Trinajstić information content (AvgIpc) is 3.44. The van der Waals surface area contributed by atoms with Crippen molar-refractivity contribution in [2.24, 2.45) is 5.92 Å². The molecule has 3 aromatic heterocycles. The molecule has 2 atom stereocenters. The zero-order chi connectivity index (χ0) is 31.1. The van der Waals surface area contributed by atoms with Gasteiger partial charge in [-0.2, -0.15) is 5.26 Å². The molecular weight excluding hydrogens is 573 g/mol. The van der Waals surface area contributed by atoms with Gasteiger partial charge in [-0.1, -0.05) is 12.1 Å². The second kappa shape index (κ2) is 11.4. The Morgan fingerprint density at radius 3 is 2.89 bits per heavy atom. The van der Waals surface area contributed by atoms with Gasteiger partial charge >= 0.3 is 5.97 Å². The lowest BCUT2D eigenvalue weighted by atomic mass is 9.87. The normalized spacial score (nSPS) is 19.3. The number of rotatable bonds is 10. The first kappa shape index (κ1) is 28.7. The van der Waals surface area contributed by atoms with Gasteiger partial charge in [-0.3, -0.25) is 4.90 Å². The smallest absolute Gasteiger partial charge is 0.335 e. The number of aryl methyl sites for hydroxylation is 1. The number of hydrogen-bond donors (Lipinski definition) is 1. The maximum Gasteiger partial charge on any atom is 0.335 e. The number of hydrogen-bond acceptors (Lipinski definition) is 7. The Morgan fingerprint density at radius 1 is 1.22 bits per heavy atom. The molecular formula is C34H32FN7O3. The molecule has 1 saturated heterocycles. The standard InChI is InChI=1S/C34H32FN7O3/c1-2-41-21-37-16-26(41)18-42-30-13-23(33(43)44)7-8-29(30)39-31(42)19-40-11-9-34(14-25(34)17-40)27-4-3-10-38-32(27)45-20-24-6-5-22(15-36)12-28(24)35/h3-8,10,12-13,16,21,25H,2,9,11,14,17-20H2,1H3,(H,43,44). The van der Waals surface area contributed by atoms with E-state index in [2.05, 4.69) is 37.0 Å². The van der Waals surface area contributed by atoms with Gasteiger partial charge in [0.15, 0.2) is 0 Å². The van der Waals surface area contributed by atoms with Gasteiger partial charge in [0.05, 0.1) is 53.3 Å². The summed E-state index contributed by atoms with van der Waals surface area (Å²) >= 11 is 0. The number of carbonyl (C=O) groups is 1. The molecule has 1 saturated carbocycles. The molecule has 45 heavy (non-hydrogen) atoms. The lowest BCUT2D eigenvalue weighted by Crippen LogP contribution is -2.36. The largest absolute Gasteiger partial charge is 0.478 e. The topological polar surface area (TPSA) is 122 Å². The van der Waals surface area contributed by atoms with E-state index in [1.807, 2.05) is 24.7 Å². The lowest BCUT2D eigenvalue weighted by molar-refractivity contribution is 0.0697. The predicted octanol–water partition coefficient (Wildman–Crippen LogP) is 5.15. The van der Waals surface area contributed by atoms with Gasteiger partial charge in [-0.25, -0.2) is 24.1 Å². The van der Waals surface area contributed by atoms with Crippen molar-refractivity contribution < 1.29 is 19.0 Å². The van der Waals surface area contributed by atoms with Crippen molar-refractivity contribution in [3.63, 3.8) is 0 Å². The zero-order valence-electron chi connectivity index (χ0n) is 24.9. The van der Waals surface area contributed by atoms with E-state index in [0.29, 0.717) is 30.5 Å². The Labute approximate surface area is 259 Å². The molecule has 1 N–H and O–H groups in total. The van der Waals surface area contributed by atoms with E-state index >= 15 is 0 Å². The number of likely N-dealkylation sites (tertiary alicyclic amines) is 1. The number of fused-ring (bicyclic) bond motifs is 2. The van der Waals surface area contributed by atoms with Crippen LogP contribution in [0.25, 0.3) is 11.0 Å². The van der Waals surface area contributed by atoms with Gasteiger partial charge in [0, 0.05) is 42.0 Å². The van der Waals surface area contributed by atoms with Crippen LogP contribution in [0.5, 0.6) is 5.88 Å². The van der Waals surface area contributed by atoms with E-state index in [4.69, 9.17) is 15.0 Å². The van der Waals surface area contributed by atoms with Crippen LogP contribution < -0.4 is 4.74 Å². The molecule has 0 radical (unpaired) electrons. The summed E-state index contributed by atoms with van der Waals surface area (Å²) in [4.78, 5) is 28.0. The Kier molecular flexibility index (Phi) is 7.30. The number of pyridine rings is 1. The first-order chi connectivity index (χ1) is 21.9. The van der Waals surface area contributed by atoms with Crippen LogP contribution in [0.2, 0.25) is 0 Å². The highest BCUT2D eigenvalue weighted by molar-refractivity contribution is 5.92. The minimum atomic E-state index is -0.966. The zero-order valence-corrected chi connectivity index (χ0v) is 24.9. The number of carboxylic acid groups (broad SMARTS) is 1. The maximum atomic E-state index is 14.5. The van der Waals surface area contributed by atoms with Crippen LogP contribution in [0.15, 0.2) is 67.3 Å². The van der Waals surface area contributed by atoms with E-state index < -0.39 is 11.8 Å². The average molecular weight is 606 g/mol. The molecule has 228 valence electrons. The number of halogens is 1. The summed E-state index contributed by atoms with van der Waals surface area (Å²) in [5, 5.41) is 18.7. The second-order valence-corrected chi connectivity index (χ2v) is 11.9. The van der Waals surface area contributed by atoms with Gasteiger partial charge in [0.25, 0.3) is 0 Å². The van der Waals surface area contributed by atoms with Gasteiger partial charge in [0.1, 0.15) is 18.2 Å². The summed E-state index contributed by atoms with van der Waals surface area (Å²) in [6, 6.07) is 15.4. The Morgan fingerprint density at radius 2 is 2.11 bits per heavy atom. The minimum Gasteiger partial charge on any atom is -0.478 e. The number of piperidine rings is 1. The van der Waals surface area contributed by atoms with Crippen molar-refractivity contribution in [1.29, 1.82) is 5.26 Å². The molecule has 4 heterocycles. The van der Waals surface area contributed by atoms with Crippen LogP contribution in [-0.4, -0.2) is 53.2 Å². The van der Waals surface area contributed by atoms with Crippen molar-refractivity contribution >= 4 is 17.0 Å². The molecule has 7 rings (SSSR count). The molecule has 1 aliphatic heterocycles. The SMILES string of the molecule is CCn1cncc1Cn1c(CN2CCC3(c4cccnc4OCc4ccc(C#N)cc4F)CC3C2)nc2ccc(C(=O)O)cc21. The van der Waals surface area contributed by atoms with Crippen molar-refractivity contribution in [1.82, 2.24) is 29.0 Å². The number of ether oxygens (including phenoxy) is 1. The third kappa shape index (κ3) is 5.31. The van der Waals surface area contributed by atoms with Crippen LogP contribution in [0.3, 0.4) is 0 Å². The highest BCUT2D eigenvalue weighted by Gasteiger charge is 2.58. The fourth-order valence-electron chi connectivity index (χ4n) is 6.79. The Balaban J connectivity index is 1.10. The van der Waals surface area contributed by atoms with Gasteiger partial charge in [0.2, 0.25) is 5.88 Å².